The third-order valence-corrected chi connectivity index (χ3v) is 6.85. The Morgan fingerprint density at radius 1 is 0.778 bits per heavy atom. The molecule has 0 saturated heterocycles. The molecule has 3 aromatic rings. The summed E-state index contributed by atoms with van der Waals surface area (Å²) in [4.78, 5) is 2.04. The van der Waals surface area contributed by atoms with Crippen LogP contribution in [0, 0.1) is 13.8 Å². The Morgan fingerprint density at radius 3 is 1.67 bits per heavy atom. The lowest BCUT2D eigenvalue weighted by Gasteiger charge is -2.43. The van der Waals surface area contributed by atoms with Crippen LogP contribution in [0.25, 0.3) is 0 Å². The molecule has 4 rings (SSSR count). The molecule has 0 amide bonds. The number of fused-ring (bicyclic) bond motifs is 2. The van der Waals surface area contributed by atoms with Crippen molar-refractivity contribution >= 4 is 40.3 Å². The van der Waals surface area contributed by atoms with Crippen LogP contribution in [0.2, 0.25) is 0 Å². The van der Waals surface area contributed by atoms with Gasteiger partial charge in [-0.05, 0) is 35.8 Å². The van der Waals surface area contributed by atoms with Crippen LogP contribution in [0.3, 0.4) is 0 Å². The van der Waals surface area contributed by atoms with E-state index in [-0.39, 0.29) is 0 Å². The highest BCUT2D eigenvalue weighted by Crippen LogP contribution is 2.34. The van der Waals surface area contributed by atoms with E-state index in [0.717, 1.165) is 41.8 Å². The van der Waals surface area contributed by atoms with Gasteiger partial charge in [-0.15, -0.1) is 0 Å². The molecule has 1 heterocycles. The largest absolute Gasteiger partial charge is 0.498 e. The van der Waals surface area contributed by atoms with E-state index >= 15 is 4.32 Å². The van der Waals surface area contributed by atoms with Crippen molar-refractivity contribution in [3.8, 4) is 0 Å². The second kappa shape index (κ2) is 6.25. The molecule has 27 heavy (non-hydrogen) atoms. The van der Waals surface area contributed by atoms with E-state index in [0.29, 0.717) is 0 Å². The second-order valence-electron chi connectivity index (χ2n) is 8.44. The summed E-state index contributed by atoms with van der Waals surface area (Å²) in [6, 6.07) is 20.2. The number of quaternary nitrogens is 1. The monoisotopic (exact) mass is 377 g/mol. The van der Waals surface area contributed by atoms with Gasteiger partial charge in [-0.25, -0.2) is 0 Å². The number of hydrogen-bond acceptors (Lipinski definition) is 1. The van der Waals surface area contributed by atoms with Gasteiger partial charge in [-0.1, -0.05) is 71.4 Å². The van der Waals surface area contributed by atoms with Crippen LogP contribution in [0.1, 0.15) is 11.1 Å². The van der Waals surface area contributed by atoms with Crippen LogP contribution < -0.4 is 20.9 Å². The molecule has 0 saturated carbocycles. The van der Waals surface area contributed by atoms with E-state index in [2.05, 4.69) is 47.1 Å². The van der Waals surface area contributed by atoms with E-state index in [4.69, 9.17) is 0 Å². The molecule has 0 aliphatic carbocycles. The summed E-state index contributed by atoms with van der Waals surface area (Å²) in [6.45, 7) is 4.11. The first-order valence-electron chi connectivity index (χ1n) is 9.37. The summed E-state index contributed by atoms with van der Waals surface area (Å²) >= 11 is 1.67. The molecule has 0 bridgehead atoms. The number of hydrogen-bond donors (Lipinski definition) is 0. The van der Waals surface area contributed by atoms with Crippen LogP contribution in [-0.4, -0.2) is 27.6 Å². The molecule has 0 N–H and O–H groups in total. The van der Waals surface area contributed by atoms with Gasteiger partial charge in [0.2, 0.25) is 6.42 Å². The Balaban J connectivity index is 2.05. The fourth-order valence-corrected chi connectivity index (χ4v) is 5.59. The van der Waals surface area contributed by atoms with Crippen molar-refractivity contribution in [2.45, 2.75) is 23.6 Å². The molecule has 1 aliphatic heterocycles. The van der Waals surface area contributed by atoms with Crippen LogP contribution in [0.5, 0.6) is 0 Å². The average Bonchev–Trinajstić information content (AvgIpc) is 2.61. The maximum Gasteiger partial charge on any atom is 0.236 e. The van der Waals surface area contributed by atoms with Crippen molar-refractivity contribution in [1.29, 1.82) is 0 Å². The smallest absolute Gasteiger partial charge is 0.236 e. The molecule has 1 nitrogen and oxygen atoms in total. The predicted octanol–water partition coefficient (Wildman–Crippen LogP) is 3.90. The summed E-state index contributed by atoms with van der Waals surface area (Å²) < 4.78 is 18.0. The van der Waals surface area contributed by atoms with Gasteiger partial charge in [0.1, 0.15) is 5.69 Å². The van der Waals surface area contributed by atoms with Crippen LogP contribution >= 0.6 is 11.8 Å². The summed E-state index contributed by atoms with van der Waals surface area (Å²) in [6.07, 6.45) is -2.50. The van der Waals surface area contributed by atoms with Gasteiger partial charge in [0, 0.05) is 0 Å². The molecule has 4 heteroatoms. The number of nitrogens with zero attached hydrogens (tertiary/aromatic N) is 1. The zero-order chi connectivity index (χ0) is 19.4. The normalized spacial score (nSPS) is 15.2. The van der Waals surface area contributed by atoms with Crippen molar-refractivity contribution in [3.05, 3.63) is 71.8 Å². The summed E-state index contributed by atoms with van der Waals surface area (Å²) in [5.74, 6) is 0. The number of halogens is 1. The number of aryl methyl sites for hydroxylation is 2. The molecular formula is C23H25BFNS. The highest BCUT2D eigenvalue weighted by Gasteiger charge is 2.39. The first-order valence-corrected chi connectivity index (χ1v) is 10.2. The van der Waals surface area contributed by atoms with Gasteiger partial charge < -0.3 is 4.32 Å². The van der Waals surface area contributed by atoms with Gasteiger partial charge in [-0.3, -0.25) is 4.48 Å². The second-order valence-corrected chi connectivity index (χ2v) is 9.53. The summed E-state index contributed by atoms with van der Waals surface area (Å²) in [7, 11) is 6.43. The van der Waals surface area contributed by atoms with Gasteiger partial charge in [0.15, 0.2) is 0 Å². The average molecular weight is 377 g/mol. The van der Waals surface area contributed by atoms with Gasteiger partial charge in [0.25, 0.3) is 0 Å². The minimum atomic E-state index is -2.50. The lowest BCUT2D eigenvalue weighted by atomic mass is 9.30. The SMILES string of the molecule is Cc1cc([N+](C)(C)C)cc(C)c1[B-]1(F)c2ccccc2Sc2ccccc21. The van der Waals surface area contributed by atoms with Crippen molar-refractivity contribution in [3.63, 3.8) is 0 Å². The maximum absolute atomic E-state index is 17.3. The standard InChI is InChI=1S/C23H25BFNS/c1-16-14-18(26(3,4)5)15-17(2)23(16)24(25)19-10-6-8-12-21(19)27-22-13-9-7-11-20(22)24/h6-15H,1-5H3. The first-order chi connectivity index (χ1) is 12.7. The molecule has 0 atom stereocenters. The maximum atomic E-state index is 17.3. The molecule has 0 fully saturated rings. The Hall–Kier alpha value is -2.04. The zero-order valence-corrected chi connectivity index (χ0v) is 17.4. The molecule has 138 valence electrons. The molecule has 0 unspecified atom stereocenters. The summed E-state index contributed by atoms with van der Waals surface area (Å²) in [5, 5.41) is 0. The van der Waals surface area contributed by atoms with Gasteiger partial charge in [0.05, 0.1) is 21.1 Å². The molecule has 3 aromatic carbocycles. The van der Waals surface area contributed by atoms with Crippen LogP contribution in [0.4, 0.5) is 10.0 Å². The molecule has 0 aromatic heterocycles. The quantitative estimate of drug-likeness (QED) is 0.482. The summed E-state index contributed by atoms with van der Waals surface area (Å²) in [5.41, 5.74) is 5.71. The van der Waals surface area contributed by atoms with Crippen molar-refractivity contribution < 1.29 is 4.32 Å². The van der Waals surface area contributed by atoms with E-state index in [1.807, 2.05) is 48.5 Å². The molecule has 1 aliphatic rings. The highest BCUT2D eigenvalue weighted by molar-refractivity contribution is 8.00. The fourth-order valence-electron chi connectivity index (χ4n) is 4.37. The Labute approximate surface area is 165 Å². The van der Waals surface area contributed by atoms with Crippen molar-refractivity contribution in [2.75, 3.05) is 21.1 Å². The highest BCUT2D eigenvalue weighted by atomic mass is 32.2. The molecule has 0 spiro atoms. The minimum Gasteiger partial charge on any atom is -0.498 e. The van der Waals surface area contributed by atoms with Gasteiger partial charge in [-0.2, -0.15) is 16.4 Å². The number of benzene rings is 3. The van der Waals surface area contributed by atoms with Gasteiger partial charge >= 0.3 is 0 Å². The lowest BCUT2D eigenvalue weighted by Crippen LogP contribution is -2.67. The Kier molecular flexibility index (Phi) is 4.24. The first kappa shape index (κ1) is 18.3. The topological polar surface area (TPSA) is 0 Å². The van der Waals surface area contributed by atoms with Crippen LogP contribution in [0.15, 0.2) is 70.5 Å². The fraction of sp³-hybridized carbons (Fsp3) is 0.217. The Bertz CT molecular complexity index is 970. The Morgan fingerprint density at radius 2 is 1.22 bits per heavy atom. The lowest BCUT2D eigenvalue weighted by molar-refractivity contribution is 0.486. The van der Waals surface area contributed by atoms with E-state index < -0.39 is 6.42 Å². The van der Waals surface area contributed by atoms with Crippen molar-refractivity contribution in [2.24, 2.45) is 0 Å². The van der Waals surface area contributed by atoms with Crippen LogP contribution in [-0.2, 0) is 0 Å². The third kappa shape index (κ3) is 2.83. The van der Waals surface area contributed by atoms with E-state index in [1.165, 1.54) is 5.69 Å². The zero-order valence-electron chi connectivity index (χ0n) is 16.6. The van der Waals surface area contributed by atoms with Crippen molar-refractivity contribution in [1.82, 2.24) is 4.48 Å². The number of rotatable bonds is 2. The molecular weight excluding hydrogens is 352 g/mol. The van der Waals surface area contributed by atoms with E-state index in [1.54, 1.807) is 11.8 Å². The van der Waals surface area contributed by atoms with E-state index in [9.17, 15) is 0 Å². The predicted molar refractivity (Wildman–Crippen MR) is 118 cm³/mol. The minimum absolute atomic E-state index is 0.720. The third-order valence-electron chi connectivity index (χ3n) is 5.67. The molecule has 0 radical (unpaired) electrons.